The van der Waals surface area contributed by atoms with E-state index in [1.807, 2.05) is 0 Å². The Morgan fingerprint density at radius 2 is 2.24 bits per heavy atom. The highest BCUT2D eigenvalue weighted by Crippen LogP contribution is 2.29. The SMILES string of the molecule is Cn1cc(Cl)cc1C(=O)NC1(CO)CCCC1. The molecular weight excluding hydrogens is 240 g/mol. The summed E-state index contributed by atoms with van der Waals surface area (Å²) >= 11 is 5.84. The number of rotatable bonds is 3. The van der Waals surface area contributed by atoms with E-state index in [2.05, 4.69) is 5.32 Å². The minimum Gasteiger partial charge on any atom is -0.394 e. The molecule has 2 rings (SSSR count). The Balaban J connectivity index is 2.13. The second-order valence-corrected chi connectivity index (χ2v) is 5.19. The molecule has 0 saturated heterocycles. The summed E-state index contributed by atoms with van der Waals surface area (Å²) < 4.78 is 1.69. The first kappa shape index (κ1) is 12.5. The molecule has 1 aliphatic rings. The van der Waals surface area contributed by atoms with Crippen LogP contribution in [0.3, 0.4) is 0 Å². The zero-order valence-electron chi connectivity index (χ0n) is 9.87. The van der Waals surface area contributed by atoms with E-state index in [9.17, 15) is 9.90 Å². The van der Waals surface area contributed by atoms with Gasteiger partial charge in [0.15, 0.2) is 0 Å². The van der Waals surface area contributed by atoms with Gasteiger partial charge >= 0.3 is 0 Å². The highest BCUT2D eigenvalue weighted by molar-refractivity contribution is 6.31. The number of aromatic nitrogens is 1. The first-order valence-corrected chi connectivity index (χ1v) is 6.19. The molecule has 94 valence electrons. The molecule has 0 aromatic carbocycles. The number of nitrogens with zero attached hydrogens (tertiary/aromatic N) is 1. The normalized spacial score (nSPS) is 18.3. The third kappa shape index (κ3) is 2.48. The van der Waals surface area contributed by atoms with Crippen molar-refractivity contribution in [2.45, 2.75) is 31.2 Å². The molecule has 0 unspecified atom stereocenters. The van der Waals surface area contributed by atoms with Crippen LogP contribution in [0.5, 0.6) is 0 Å². The van der Waals surface area contributed by atoms with E-state index in [1.54, 1.807) is 23.9 Å². The third-order valence-electron chi connectivity index (χ3n) is 3.45. The standard InChI is InChI=1S/C12H17ClN2O2/c1-15-7-9(13)6-10(15)11(17)14-12(8-16)4-2-3-5-12/h6-7,16H,2-5,8H2,1H3,(H,14,17). The number of halogens is 1. The van der Waals surface area contributed by atoms with Crippen molar-refractivity contribution >= 4 is 17.5 Å². The average molecular weight is 257 g/mol. The number of aliphatic hydroxyl groups is 1. The van der Waals surface area contributed by atoms with Crippen LogP contribution in [0.15, 0.2) is 12.3 Å². The Labute approximate surface area is 106 Å². The van der Waals surface area contributed by atoms with Gasteiger partial charge < -0.3 is 15.0 Å². The summed E-state index contributed by atoms with van der Waals surface area (Å²) in [4.78, 5) is 12.1. The van der Waals surface area contributed by atoms with Gasteiger partial charge in [0.25, 0.3) is 5.91 Å². The summed E-state index contributed by atoms with van der Waals surface area (Å²) in [6.07, 6.45) is 5.47. The second kappa shape index (κ2) is 4.70. The highest BCUT2D eigenvalue weighted by Gasteiger charge is 2.35. The van der Waals surface area contributed by atoms with E-state index in [0.29, 0.717) is 10.7 Å². The van der Waals surface area contributed by atoms with Gasteiger partial charge in [-0.05, 0) is 18.9 Å². The number of nitrogens with one attached hydrogen (secondary N) is 1. The van der Waals surface area contributed by atoms with Crippen molar-refractivity contribution in [3.8, 4) is 0 Å². The number of carbonyl (C=O) groups is 1. The van der Waals surface area contributed by atoms with Crippen LogP contribution < -0.4 is 5.32 Å². The maximum Gasteiger partial charge on any atom is 0.268 e. The summed E-state index contributed by atoms with van der Waals surface area (Å²) in [5.74, 6) is -0.171. The monoisotopic (exact) mass is 256 g/mol. The van der Waals surface area contributed by atoms with E-state index < -0.39 is 5.54 Å². The minimum atomic E-state index is -0.437. The molecule has 1 aliphatic carbocycles. The van der Waals surface area contributed by atoms with Crippen LogP contribution in [0, 0.1) is 0 Å². The highest BCUT2D eigenvalue weighted by atomic mass is 35.5. The Morgan fingerprint density at radius 1 is 1.59 bits per heavy atom. The molecule has 2 N–H and O–H groups in total. The molecule has 4 nitrogen and oxygen atoms in total. The van der Waals surface area contributed by atoms with E-state index >= 15 is 0 Å². The lowest BCUT2D eigenvalue weighted by Gasteiger charge is -2.27. The predicted molar refractivity (Wildman–Crippen MR) is 66.2 cm³/mol. The number of hydrogen-bond acceptors (Lipinski definition) is 2. The predicted octanol–water partition coefficient (Wildman–Crippen LogP) is 1.71. The summed E-state index contributed by atoms with van der Waals surface area (Å²) in [7, 11) is 1.78. The molecule has 1 heterocycles. The summed E-state index contributed by atoms with van der Waals surface area (Å²) in [5, 5.41) is 12.9. The second-order valence-electron chi connectivity index (χ2n) is 4.75. The van der Waals surface area contributed by atoms with Crippen LogP contribution in [-0.4, -0.2) is 27.7 Å². The van der Waals surface area contributed by atoms with Crippen molar-refractivity contribution < 1.29 is 9.90 Å². The van der Waals surface area contributed by atoms with Gasteiger partial charge in [0, 0.05) is 13.2 Å². The van der Waals surface area contributed by atoms with Crippen molar-refractivity contribution in [1.29, 1.82) is 0 Å². The fraction of sp³-hybridized carbons (Fsp3) is 0.583. The third-order valence-corrected chi connectivity index (χ3v) is 3.65. The fourth-order valence-corrected chi connectivity index (χ4v) is 2.68. The number of amides is 1. The molecule has 17 heavy (non-hydrogen) atoms. The van der Waals surface area contributed by atoms with Crippen molar-refractivity contribution in [3.05, 3.63) is 23.0 Å². The van der Waals surface area contributed by atoms with Crippen molar-refractivity contribution in [1.82, 2.24) is 9.88 Å². The van der Waals surface area contributed by atoms with Crippen molar-refractivity contribution in [2.75, 3.05) is 6.61 Å². The van der Waals surface area contributed by atoms with E-state index in [0.717, 1.165) is 25.7 Å². The quantitative estimate of drug-likeness (QED) is 0.865. The number of carbonyl (C=O) groups excluding carboxylic acids is 1. The molecule has 1 aromatic rings. The van der Waals surface area contributed by atoms with Crippen LogP contribution in [-0.2, 0) is 7.05 Å². The van der Waals surface area contributed by atoms with Gasteiger partial charge in [0.1, 0.15) is 5.69 Å². The molecule has 1 amide bonds. The Kier molecular flexibility index (Phi) is 3.45. The molecule has 0 aliphatic heterocycles. The van der Waals surface area contributed by atoms with Crippen LogP contribution in [0.25, 0.3) is 0 Å². The average Bonchev–Trinajstić information content (AvgIpc) is 2.86. The summed E-state index contributed by atoms with van der Waals surface area (Å²) in [6, 6.07) is 1.64. The van der Waals surface area contributed by atoms with Crippen LogP contribution in [0.1, 0.15) is 36.2 Å². The molecule has 1 saturated carbocycles. The zero-order chi connectivity index (χ0) is 12.5. The van der Waals surface area contributed by atoms with Crippen LogP contribution >= 0.6 is 11.6 Å². The smallest absolute Gasteiger partial charge is 0.268 e. The lowest BCUT2D eigenvalue weighted by atomic mass is 9.99. The van der Waals surface area contributed by atoms with Gasteiger partial charge in [-0.25, -0.2) is 0 Å². The van der Waals surface area contributed by atoms with Gasteiger partial charge in [-0.1, -0.05) is 24.4 Å². The number of aryl methyl sites for hydroxylation is 1. The van der Waals surface area contributed by atoms with Gasteiger partial charge in [-0.3, -0.25) is 4.79 Å². The van der Waals surface area contributed by atoms with E-state index in [-0.39, 0.29) is 12.5 Å². The largest absolute Gasteiger partial charge is 0.394 e. The summed E-state index contributed by atoms with van der Waals surface area (Å²) in [6.45, 7) is -0.00308. The van der Waals surface area contributed by atoms with Gasteiger partial charge in [0.2, 0.25) is 0 Å². The topological polar surface area (TPSA) is 54.3 Å². The molecule has 5 heteroatoms. The molecular formula is C12H17ClN2O2. The summed E-state index contributed by atoms with van der Waals surface area (Å²) in [5.41, 5.74) is 0.0862. The van der Waals surface area contributed by atoms with Gasteiger partial charge in [0.05, 0.1) is 17.2 Å². The molecule has 1 aromatic heterocycles. The zero-order valence-corrected chi connectivity index (χ0v) is 10.6. The Bertz CT molecular complexity index is 422. The Hall–Kier alpha value is -1.00. The first-order chi connectivity index (χ1) is 8.06. The number of aliphatic hydroxyl groups excluding tert-OH is 1. The lowest BCUT2D eigenvalue weighted by molar-refractivity contribution is 0.0830. The van der Waals surface area contributed by atoms with E-state index in [4.69, 9.17) is 11.6 Å². The van der Waals surface area contributed by atoms with Crippen molar-refractivity contribution in [3.63, 3.8) is 0 Å². The number of hydrogen-bond donors (Lipinski definition) is 2. The molecule has 0 spiro atoms. The van der Waals surface area contributed by atoms with Crippen LogP contribution in [0.4, 0.5) is 0 Å². The molecule has 0 radical (unpaired) electrons. The molecule has 0 bridgehead atoms. The van der Waals surface area contributed by atoms with Crippen molar-refractivity contribution in [2.24, 2.45) is 7.05 Å². The lowest BCUT2D eigenvalue weighted by Crippen LogP contribution is -2.49. The maximum absolute atomic E-state index is 12.1. The first-order valence-electron chi connectivity index (χ1n) is 5.82. The van der Waals surface area contributed by atoms with Gasteiger partial charge in [-0.2, -0.15) is 0 Å². The fourth-order valence-electron chi connectivity index (χ4n) is 2.43. The maximum atomic E-state index is 12.1. The van der Waals surface area contributed by atoms with Gasteiger partial charge in [-0.15, -0.1) is 0 Å². The molecule has 1 fully saturated rings. The van der Waals surface area contributed by atoms with Crippen LogP contribution in [0.2, 0.25) is 5.02 Å². The minimum absolute atomic E-state index is 0.00308. The molecule has 0 atom stereocenters. The van der Waals surface area contributed by atoms with E-state index in [1.165, 1.54) is 0 Å². The Morgan fingerprint density at radius 3 is 2.71 bits per heavy atom.